The van der Waals surface area contributed by atoms with Gasteiger partial charge in [0, 0.05) is 23.5 Å². The van der Waals surface area contributed by atoms with Gasteiger partial charge in [-0.3, -0.25) is 9.97 Å². The SMILES string of the molecule is CC.CC.Cc1cccnc1.Cc1cncs1. The van der Waals surface area contributed by atoms with Crippen molar-refractivity contribution in [1.29, 1.82) is 0 Å². The van der Waals surface area contributed by atoms with E-state index in [1.54, 1.807) is 17.5 Å². The summed E-state index contributed by atoms with van der Waals surface area (Å²) in [6.07, 6.45) is 5.46. The van der Waals surface area contributed by atoms with Gasteiger partial charge in [0.2, 0.25) is 0 Å². The summed E-state index contributed by atoms with van der Waals surface area (Å²) in [6.45, 7) is 12.1. The fourth-order valence-electron chi connectivity index (χ4n) is 0.728. The first-order valence-electron chi connectivity index (χ1n) is 6.01. The summed E-state index contributed by atoms with van der Waals surface area (Å²) >= 11 is 1.67. The first kappa shape index (κ1) is 18.2. The van der Waals surface area contributed by atoms with Crippen molar-refractivity contribution < 1.29 is 0 Å². The molecule has 2 heterocycles. The molecule has 0 N–H and O–H groups in total. The number of thiazole rings is 1. The fraction of sp³-hybridized carbons (Fsp3) is 0.429. The number of hydrogen-bond donors (Lipinski definition) is 0. The Kier molecular flexibility index (Phi) is 15.8. The molecule has 17 heavy (non-hydrogen) atoms. The Morgan fingerprint density at radius 1 is 0.941 bits per heavy atom. The van der Waals surface area contributed by atoms with Crippen LogP contribution < -0.4 is 0 Å². The third-order valence-corrected chi connectivity index (χ3v) is 2.07. The van der Waals surface area contributed by atoms with Crippen LogP contribution in [0.4, 0.5) is 0 Å². The lowest BCUT2D eigenvalue weighted by Gasteiger charge is -1.82. The molecule has 2 aromatic rings. The molecule has 0 radical (unpaired) electrons. The lowest BCUT2D eigenvalue weighted by atomic mass is 10.3. The summed E-state index contributed by atoms with van der Waals surface area (Å²) in [7, 11) is 0. The van der Waals surface area contributed by atoms with E-state index in [2.05, 4.69) is 9.97 Å². The van der Waals surface area contributed by atoms with Crippen molar-refractivity contribution in [2.45, 2.75) is 41.5 Å². The Morgan fingerprint density at radius 2 is 1.59 bits per heavy atom. The van der Waals surface area contributed by atoms with Gasteiger partial charge in [-0.25, -0.2) is 0 Å². The average molecular weight is 252 g/mol. The molecular weight excluding hydrogens is 228 g/mol. The van der Waals surface area contributed by atoms with E-state index < -0.39 is 0 Å². The third kappa shape index (κ3) is 12.7. The molecule has 0 aliphatic carbocycles. The van der Waals surface area contributed by atoms with E-state index >= 15 is 0 Å². The minimum atomic E-state index is 1.21. The second kappa shape index (κ2) is 14.8. The Balaban J connectivity index is 0. The smallest absolute Gasteiger partial charge is 0.0794 e. The Hall–Kier alpha value is -1.22. The van der Waals surface area contributed by atoms with Gasteiger partial charge in [0.15, 0.2) is 0 Å². The molecular formula is C14H24N2S. The van der Waals surface area contributed by atoms with Gasteiger partial charge in [-0.05, 0) is 25.5 Å². The van der Waals surface area contributed by atoms with Gasteiger partial charge in [-0.2, -0.15) is 0 Å². The summed E-state index contributed by atoms with van der Waals surface area (Å²) < 4.78 is 0. The standard InChI is InChI=1S/C6H7N.C4H5NS.2C2H6/c1-6-3-2-4-7-5-6;1-4-2-5-3-6-4;2*1-2/h2-5H,1H3;2-3H,1H3;2*1-2H3. The third-order valence-electron chi connectivity index (χ3n) is 1.37. The highest BCUT2D eigenvalue weighted by Gasteiger charge is 1.76. The normalized spacial score (nSPS) is 7.41. The molecule has 0 saturated carbocycles. The Bertz CT molecular complexity index is 317. The largest absolute Gasteiger partial charge is 0.264 e. The molecule has 0 aliphatic heterocycles. The topological polar surface area (TPSA) is 25.8 Å². The number of aromatic nitrogens is 2. The second-order valence-corrected chi connectivity index (χ2v) is 3.73. The van der Waals surface area contributed by atoms with Crippen LogP contribution in [0.25, 0.3) is 0 Å². The first-order chi connectivity index (χ1) is 8.29. The lowest BCUT2D eigenvalue weighted by molar-refractivity contribution is 1.27. The molecule has 96 valence electrons. The minimum Gasteiger partial charge on any atom is -0.264 e. The van der Waals surface area contributed by atoms with Crippen LogP contribution in [0, 0.1) is 13.8 Å². The highest BCUT2D eigenvalue weighted by atomic mass is 32.1. The maximum absolute atomic E-state index is 3.88. The predicted molar refractivity (Wildman–Crippen MR) is 78.5 cm³/mol. The van der Waals surface area contributed by atoms with E-state index in [9.17, 15) is 0 Å². The van der Waals surface area contributed by atoms with Gasteiger partial charge in [-0.15, -0.1) is 11.3 Å². The molecule has 0 fully saturated rings. The molecule has 0 aromatic carbocycles. The van der Waals surface area contributed by atoms with Crippen LogP contribution >= 0.6 is 11.3 Å². The quantitative estimate of drug-likeness (QED) is 0.667. The zero-order valence-corrected chi connectivity index (χ0v) is 12.6. The second-order valence-electron chi connectivity index (χ2n) is 2.64. The monoisotopic (exact) mass is 252 g/mol. The predicted octanol–water partition coefficient (Wildman–Crippen LogP) is 4.89. The van der Waals surface area contributed by atoms with Crippen molar-refractivity contribution in [2.75, 3.05) is 0 Å². The first-order valence-corrected chi connectivity index (χ1v) is 6.88. The zero-order chi connectivity index (χ0) is 13.5. The summed E-state index contributed by atoms with van der Waals surface area (Å²) in [5.41, 5.74) is 3.04. The Labute approximate surface area is 110 Å². The van der Waals surface area contributed by atoms with E-state index in [1.807, 2.05) is 71.6 Å². The van der Waals surface area contributed by atoms with Crippen molar-refractivity contribution in [2.24, 2.45) is 0 Å². The minimum absolute atomic E-state index is 1.21. The maximum Gasteiger partial charge on any atom is 0.0794 e. The molecule has 0 spiro atoms. The van der Waals surface area contributed by atoms with E-state index in [1.165, 1.54) is 10.4 Å². The van der Waals surface area contributed by atoms with Crippen molar-refractivity contribution >= 4 is 11.3 Å². The van der Waals surface area contributed by atoms with Gasteiger partial charge in [0.1, 0.15) is 0 Å². The zero-order valence-electron chi connectivity index (χ0n) is 11.8. The van der Waals surface area contributed by atoms with Gasteiger partial charge in [0.25, 0.3) is 0 Å². The van der Waals surface area contributed by atoms with Gasteiger partial charge in [0.05, 0.1) is 5.51 Å². The van der Waals surface area contributed by atoms with Crippen LogP contribution in [0.3, 0.4) is 0 Å². The molecule has 0 bridgehead atoms. The van der Waals surface area contributed by atoms with Gasteiger partial charge >= 0.3 is 0 Å². The lowest BCUT2D eigenvalue weighted by Crippen LogP contribution is -1.69. The number of rotatable bonds is 0. The van der Waals surface area contributed by atoms with Crippen LogP contribution in [0.5, 0.6) is 0 Å². The van der Waals surface area contributed by atoms with Crippen LogP contribution in [0.15, 0.2) is 36.2 Å². The number of nitrogens with zero attached hydrogens (tertiary/aromatic N) is 2. The van der Waals surface area contributed by atoms with E-state index in [0.29, 0.717) is 0 Å². The summed E-state index contributed by atoms with van der Waals surface area (Å²) in [5, 5.41) is 0. The number of hydrogen-bond acceptors (Lipinski definition) is 3. The summed E-state index contributed by atoms with van der Waals surface area (Å²) in [6, 6.07) is 3.95. The molecule has 0 unspecified atom stereocenters. The van der Waals surface area contributed by atoms with E-state index in [4.69, 9.17) is 0 Å². The van der Waals surface area contributed by atoms with Crippen LogP contribution in [0.2, 0.25) is 0 Å². The highest BCUT2D eigenvalue weighted by molar-refractivity contribution is 7.09. The molecule has 2 aromatic heterocycles. The van der Waals surface area contributed by atoms with Gasteiger partial charge in [-0.1, -0.05) is 33.8 Å². The maximum atomic E-state index is 3.88. The molecule has 2 nitrogen and oxygen atoms in total. The van der Waals surface area contributed by atoms with E-state index in [-0.39, 0.29) is 0 Å². The highest BCUT2D eigenvalue weighted by Crippen LogP contribution is 1.99. The molecule has 3 heteroatoms. The average Bonchev–Trinajstić information content (AvgIpc) is 2.87. The summed E-state index contributed by atoms with van der Waals surface area (Å²) in [4.78, 5) is 9.00. The fourth-order valence-corrected chi connectivity index (χ4v) is 1.14. The molecule has 0 aliphatic rings. The number of pyridine rings is 1. The van der Waals surface area contributed by atoms with Crippen LogP contribution in [-0.2, 0) is 0 Å². The Morgan fingerprint density at radius 3 is 1.76 bits per heavy atom. The van der Waals surface area contributed by atoms with Crippen molar-refractivity contribution in [3.63, 3.8) is 0 Å². The molecule has 0 atom stereocenters. The molecule has 0 saturated heterocycles. The van der Waals surface area contributed by atoms with Crippen molar-refractivity contribution in [3.05, 3.63) is 46.7 Å². The molecule has 2 rings (SSSR count). The number of aryl methyl sites for hydroxylation is 2. The van der Waals surface area contributed by atoms with Crippen LogP contribution in [0.1, 0.15) is 38.1 Å². The van der Waals surface area contributed by atoms with Crippen LogP contribution in [-0.4, -0.2) is 9.97 Å². The molecule has 0 amide bonds. The van der Waals surface area contributed by atoms with Crippen molar-refractivity contribution in [1.82, 2.24) is 9.97 Å². The van der Waals surface area contributed by atoms with Crippen molar-refractivity contribution in [3.8, 4) is 0 Å². The summed E-state index contributed by atoms with van der Waals surface area (Å²) in [5.74, 6) is 0. The van der Waals surface area contributed by atoms with Gasteiger partial charge < -0.3 is 0 Å². The van der Waals surface area contributed by atoms with E-state index in [0.717, 1.165) is 0 Å².